The maximum atomic E-state index is 12.5. The fourth-order valence-electron chi connectivity index (χ4n) is 3.63. The van der Waals surface area contributed by atoms with Crippen LogP contribution in [0.25, 0.3) is 0 Å². The van der Waals surface area contributed by atoms with Crippen LogP contribution in [0.3, 0.4) is 0 Å². The van der Waals surface area contributed by atoms with Gasteiger partial charge in [0.15, 0.2) is 5.16 Å². The number of allylic oxidation sites excluding steroid dienone is 1. The molecule has 0 aliphatic carbocycles. The molecule has 0 saturated carbocycles. The second-order valence-corrected chi connectivity index (χ2v) is 10.6. The number of nitrogens with one attached hydrogen (secondary N) is 1. The lowest BCUT2D eigenvalue weighted by Gasteiger charge is -2.19. The van der Waals surface area contributed by atoms with Crippen LogP contribution in [0.2, 0.25) is 0 Å². The van der Waals surface area contributed by atoms with Crippen LogP contribution in [-0.4, -0.2) is 45.6 Å². The van der Waals surface area contributed by atoms with Crippen molar-refractivity contribution in [1.82, 2.24) is 14.8 Å². The summed E-state index contributed by atoms with van der Waals surface area (Å²) in [5, 5.41) is 12.1. The van der Waals surface area contributed by atoms with Gasteiger partial charge in [-0.25, -0.2) is 4.79 Å². The van der Waals surface area contributed by atoms with Gasteiger partial charge in [-0.3, -0.25) is 4.79 Å². The lowest BCUT2D eigenvalue weighted by atomic mass is 9.87. The maximum absolute atomic E-state index is 12.5. The van der Waals surface area contributed by atoms with Gasteiger partial charge in [-0.15, -0.1) is 16.8 Å². The number of rotatable bonds is 13. The predicted octanol–water partition coefficient (Wildman–Crippen LogP) is 5.68. The van der Waals surface area contributed by atoms with Crippen molar-refractivity contribution in [3.8, 4) is 5.75 Å². The molecule has 0 aliphatic heterocycles. The minimum atomic E-state index is -0.389. The number of hydrogen-bond donors (Lipinski definition) is 1. The number of carbonyl (C=O) groups is 2. The van der Waals surface area contributed by atoms with Gasteiger partial charge in [0.2, 0.25) is 5.91 Å². The first-order valence-electron chi connectivity index (χ1n) is 12.7. The average molecular weight is 537 g/mol. The number of esters is 1. The Balaban J connectivity index is 1.48. The Morgan fingerprint density at radius 3 is 2.42 bits per heavy atom. The lowest BCUT2D eigenvalue weighted by molar-refractivity contribution is -0.113. The van der Waals surface area contributed by atoms with Crippen molar-refractivity contribution in [2.45, 2.75) is 57.7 Å². The van der Waals surface area contributed by atoms with E-state index in [1.165, 1.54) is 17.3 Å². The highest BCUT2D eigenvalue weighted by molar-refractivity contribution is 7.99. The van der Waals surface area contributed by atoms with Crippen molar-refractivity contribution in [3.05, 3.63) is 78.1 Å². The fraction of sp³-hybridized carbons (Fsp3) is 0.379. The van der Waals surface area contributed by atoms with Gasteiger partial charge < -0.3 is 19.4 Å². The molecule has 9 heteroatoms. The number of aryl methyl sites for hydroxylation is 1. The number of thioether (sulfide) groups is 1. The second kappa shape index (κ2) is 13.8. The summed E-state index contributed by atoms with van der Waals surface area (Å²) in [6.07, 6.45) is 3.26. The molecule has 202 valence electrons. The molecule has 2 aromatic carbocycles. The number of ether oxygens (including phenoxy) is 2. The topological polar surface area (TPSA) is 95.3 Å². The summed E-state index contributed by atoms with van der Waals surface area (Å²) < 4.78 is 12.9. The van der Waals surface area contributed by atoms with E-state index in [9.17, 15) is 9.59 Å². The molecule has 0 radical (unpaired) electrons. The van der Waals surface area contributed by atoms with E-state index in [0.717, 1.165) is 18.0 Å². The van der Waals surface area contributed by atoms with Gasteiger partial charge in [0.25, 0.3) is 0 Å². The smallest absolute Gasteiger partial charge is 0.338 e. The Hall–Kier alpha value is -3.59. The molecule has 0 atom stereocenters. The number of amides is 1. The third-order valence-electron chi connectivity index (χ3n) is 5.65. The van der Waals surface area contributed by atoms with E-state index in [4.69, 9.17) is 9.47 Å². The minimum absolute atomic E-state index is 0.112. The third kappa shape index (κ3) is 8.48. The summed E-state index contributed by atoms with van der Waals surface area (Å²) in [5.74, 6) is 1.28. The van der Waals surface area contributed by atoms with Crippen LogP contribution in [0.15, 0.2) is 66.3 Å². The SMILES string of the molecule is C=CCn1c(CCCOc2ccc(C(C)(C)C)cc2)nnc1SCC(=O)Nc1ccc(C(=O)OCC)cc1. The highest BCUT2D eigenvalue weighted by Crippen LogP contribution is 2.24. The monoisotopic (exact) mass is 536 g/mol. The van der Waals surface area contributed by atoms with Gasteiger partial charge in [0, 0.05) is 18.7 Å². The molecular formula is C29H36N4O4S. The van der Waals surface area contributed by atoms with Gasteiger partial charge in [-0.05, 0) is 60.7 Å². The fourth-order valence-corrected chi connectivity index (χ4v) is 4.39. The Morgan fingerprint density at radius 1 is 1.08 bits per heavy atom. The number of carbonyl (C=O) groups excluding carboxylic acids is 2. The zero-order chi connectivity index (χ0) is 27.5. The van der Waals surface area contributed by atoms with Crippen molar-refractivity contribution < 1.29 is 19.1 Å². The number of hydrogen-bond acceptors (Lipinski definition) is 7. The normalized spacial score (nSPS) is 11.2. The molecule has 1 heterocycles. The van der Waals surface area contributed by atoms with Crippen LogP contribution in [0.5, 0.6) is 5.75 Å². The first kappa shape index (κ1) is 29.0. The van der Waals surface area contributed by atoms with Crippen molar-refractivity contribution in [1.29, 1.82) is 0 Å². The van der Waals surface area contributed by atoms with E-state index in [1.807, 2.05) is 16.7 Å². The summed E-state index contributed by atoms with van der Waals surface area (Å²) in [4.78, 5) is 24.3. The number of aromatic nitrogens is 3. The molecule has 0 bridgehead atoms. The number of nitrogens with zero attached hydrogens (tertiary/aromatic N) is 3. The van der Waals surface area contributed by atoms with Gasteiger partial charge >= 0.3 is 5.97 Å². The average Bonchev–Trinajstić information content (AvgIpc) is 3.27. The molecule has 1 aromatic heterocycles. The molecule has 0 fully saturated rings. The van der Waals surface area contributed by atoms with Crippen LogP contribution in [-0.2, 0) is 27.9 Å². The molecule has 0 saturated heterocycles. The predicted molar refractivity (Wildman–Crippen MR) is 151 cm³/mol. The van der Waals surface area contributed by atoms with Crippen molar-refractivity contribution in [2.75, 3.05) is 24.3 Å². The summed E-state index contributed by atoms with van der Waals surface area (Å²) in [6, 6.07) is 14.8. The Bertz CT molecular complexity index is 1210. The van der Waals surface area contributed by atoms with Crippen LogP contribution in [0.1, 0.15) is 55.9 Å². The summed E-state index contributed by atoms with van der Waals surface area (Å²) in [6.45, 7) is 13.6. The quantitative estimate of drug-likeness (QED) is 0.130. The number of anilines is 1. The highest BCUT2D eigenvalue weighted by atomic mass is 32.2. The van der Waals surface area contributed by atoms with Crippen molar-refractivity contribution in [3.63, 3.8) is 0 Å². The molecule has 8 nitrogen and oxygen atoms in total. The third-order valence-corrected chi connectivity index (χ3v) is 6.62. The molecule has 0 aliphatic rings. The zero-order valence-corrected chi connectivity index (χ0v) is 23.3. The largest absolute Gasteiger partial charge is 0.494 e. The molecule has 1 N–H and O–H groups in total. The lowest BCUT2D eigenvalue weighted by Crippen LogP contribution is -2.15. The molecule has 0 spiro atoms. The van der Waals surface area contributed by atoms with Gasteiger partial charge in [-0.2, -0.15) is 0 Å². The zero-order valence-electron chi connectivity index (χ0n) is 22.5. The number of benzene rings is 2. The van der Waals surface area contributed by atoms with Gasteiger partial charge in [-0.1, -0.05) is 50.7 Å². The summed E-state index contributed by atoms with van der Waals surface area (Å²) in [5.41, 5.74) is 2.42. The Morgan fingerprint density at radius 2 is 1.79 bits per heavy atom. The first-order chi connectivity index (χ1) is 18.2. The standard InChI is InChI=1S/C29H36N4O4S/c1-6-18-33-25(9-8-19-37-24-16-12-22(13-17-24)29(3,4)5)31-32-28(33)38-20-26(34)30-23-14-10-21(11-15-23)27(35)36-7-2/h6,10-17H,1,7-9,18-20H2,2-5H3,(H,30,34). The summed E-state index contributed by atoms with van der Waals surface area (Å²) >= 11 is 1.31. The molecule has 3 rings (SSSR count). The van der Waals surface area contributed by atoms with Crippen LogP contribution in [0, 0.1) is 0 Å². The van der Waals surface area contributed by atoms with Crippen LogP contribution >= 0.6 is 11.8 Å². The van der Waals surface area contributed by atoms with E-state index < -0.39 is 0 Å². The highest BCUT2D eigenvalue weighted by Gasteiger charge is 2.15. The second-order valence-electron chi connectivity index (χ2n) is 9.66. The van der Waals surface area contributed by atoms with E-state index in [2.05, 4.69) is 55.0 Å². The summed E-state index contributed by atoms with van der Waals surface area (Å²) in [7, 11) is 0. The van der Waals surface area contributed by atoms with E-state index in [-0.39, 0.29) is 23.0 Å². The molecule has 1 amide bonds. The first-order valence-corrected chi connectivity index (χ1v) is 13.7. The van der Waals surface area contributed by atoms with Gasteiger partial charge in [0.1, 0.15) is 11.6 Å². The Kier molecular flexibility index (Phi) is 10.5. The maximum Gasteiger partial charge on any atom is 0.338 e. The van der Waals surface area contributed by atoms with E-state index in [0.29, 0.717) is 42.6 Å². The van der Waals surface area contributed by atoms with E-state index in [1.54, 1.807) is 37.3 Å². The minimum Gasteiger partial charge on any atom is -0.494 e. The van der Waals surface area contributed by atoms with Crippen molar-refractivity contribution in [2.24, 2.45) is 0 Å². The molecule has 3 aromatic rings. The van der Waals surface area contributed by atoms with E-state index >= 15 is 0 Å². The molecule has 38 heavy (non-hydrogen) atoms. The molecule has 0 unspecified atom stereocenters. The van der Waals surface area contributed by atoms with Gasteiger partial charge in [0.05, 0.1) is 24.5 Å². The van der Waals surface area contributed by atoms with Crippen LogP contribution < -0.4 is 10.1 Å². The Labute approximate surface area is 228 Å². The van der Waals surface area contributed by atoms with Crippen molar-refractivity contribution >= 4 is 29.3 Å². The van der Waals surface area contributed by atoms with Crippen LogP contribution in [0.4, 0.5) is 5.69 Å². The molecular weight excluding hydrogens is 500 g/mol.